The molecule has 0 atom stereocenters. The lowest BCUT2D eigenvalue weighted by Crippen LogP contribution is -2.40. The molecule has 0 saturated carbocycles. The van der Waals surface area contributed by atoms with Gasteiger partial charge < -0.3 is 4.74 Å². The summed E-state index contributed by atoms with van der Waals surface area (Å²) in [5, 5.41) is 7.14. The van der Waals surface area contributed by atoms with Crippen LogP contribution in [-0.2, 0) is 4.74 Å². The molecule has 0 aromatic carbocycles. The van der Waals surface area contributed by atoms with E-state index >= 15 is 0 Å². The molecule has 0 bridgehead atoms. The number of nitrogens with zero attached hydrogens (tertiary/aromatic N) is 1. The van der Waals surface area contributed by atoms with E-state index in [1.165, 1.54) is 6.42 Å². The van der Waals surface area contributed by atoms with Crippen LogP contribution >= 0.6 is 0 Å². The van der Waals surface area contributed by atoms with Crippen molar-refractivity contribution in [3.05, 3.63) is 0 Å². The maximum atomic E-state index is 7.14. The van der Waals surface area contributed by atoms with Crippen LogP contribution in [0.1, 0.15) is 6.42 Å². The van der Waals surface area contributed by atoms with Gasteiger partial charge in [-0.15, -0.1) is 0 Å². The fourth-order valence-corrected chi connectivity index (χ4v) is 0.807. The monoisotopic (exact) mass is 128 g/mol. The Kier molecular flexibility index (Phi) is 2.05. The number of rotatable bonds is 2. The van der Waals surface area contributed by atoms with E-state index in [0.717, 1.165) is 13.1 Å². The van der Waals surface area contributed by atoms with Crippen LogP contribution in [-0.4, -0.2) is 37.5 Å². The Morgan fingerprint density at radius 2 is 2.33 bits per heavy atom. The van der Waals surface area contributed by atoms with E-state index in [0.29, 0.717) is 12.4 Å². The Morgan fingerprint density at radius 1 is 1.67 bits per heavy atom. The Morgan fingerprint density at radius 3 is 2.67 bits per heavy atom. The summed E-state index contributed by atoms with van der Waals surface area (Å²) in [6.45, 7) is 2.95. The quantitative estimate of drug-likeness (QED) is 0.429. The summed E-state index contributed by atoms with van der Waals surface area (Å²) in [5.74, 6) is 0.370. The van der Waals surface area contributed by atoms with E-state index in [2.05, 4.69) is 4.90 Å². The molecule has 1 rings (SSSR count). The third kappa shape index (κ3) is 1.68. The molecule has 3 heteroatoms. The summed E-state index contributed by atoms with van der Waals surface area (Å²) in [4.78, 5) is 2.19. The minimum absolute atomic E-state index is 0.370. The van der Waals surface area contributed by atoms with Gasteiger partial charge in [-0.2, -0.15) is 0 Å². The summed E-state index contributed by atoms with van der Waals surface area (Å²) in [6.07, 6.45) is 1.27. The SMILES string of the molecule is COC(=N)CN1CCC1. The van der Waals surface area contributed by atoms with Gasteiger partial charge in [0, 0.05) is 0 Å². The third-order valence-corrected chi connectivity index (χ3v) is 1.56. The van der Waals surface area contributed by atoms with E-state index in [9.17, 15) is 0 Å². The van der Waals surface area contributed by atoms with Crippen molar-refractivity contribution in [2.75, 3.05) is 26.7 Å². The number of nitrogens with one attached hydrogen (secondary N) is 1. The summed E-state index contributed by atoms with van der Waals surface area (Å²) >= 11 is 0. The van der Waals surface area contributed by atoms with Crippen LogP contribution in [0.5, 0.6) is 0 Å². The Balaban J connectivity index is 2.09. The average Bonchev–Trinajstić information content (AvgIpc) is 1.78. The topological polar surface area (TPSA) is 36.3 Å². The Hall–Kier alpha value is -0.570. The minimum Gasteiger partial charge on any atom is -0.484 e. The number of hydrogen-bond donors (Lipinski definition) is 1. The number of methoxy groups -OCH3 is 1. The zero-order valence-corrected chi connectivity index (χ0v) is 5.68. The first kappa shape index (κ1) is 6.55. The standard InChI is InChI=1S/C6H12N2O/c1-9-6(7)5-8-3-2-4-8/h7H,2-5H2,1H3. The van der Waals surface area contributed by atoms with Crippen LogP contribution < -0.4 is 0 Å². The zero-order chi connectivity index (χ0) is 6.69. The van der Waals surface area contributed by atoms with Crippen LogP contribution in [0.3, 0.4) is 0 Å². The van der Waals surface area contributed by atoms with Crippen molar-refractivity contribution in [2.45, 2.75) is 6.42 Å². The fourth-order valence-electron chi connectivity index (χ4n) is 0.807. The zero-order valence-electron chi connectivity index (χ0n) is 5.68. The molecule has 1 heterocycles. The second kappa shape index (κ2) is 2.82. The highest BCUT2D eigenvalue weighted by Gasteiger charge is 2.14. The summed E-state index contributed by atoms with van der Waals surface area (Å²) in [5.41, 5.74) is 0. The molecule has 0 radical (unpaired) electrons. The van der Waals surface area contributed by atoms with Crippen molar-refractivity contribution in [3.63, 3.8) is 0 Å². The maximum Gasteiger partial charge on any atom is 0.194 e. The Bertz CT molecular complexity index is 110. The van der Waals surface area contributed by atoms with Crippen molar-refractivity contribution in [3.8, 4) is 0 Å². The molecule has 0 aromatic heterocycles. The smallest absolute Gasteiger partial charge is 0.194 e. The molecule has 0 amide bonds. The third-order valence-electron chi connectivity index (χ3n) is 1.56. The van der Waals surface area contributed by atoms with E-state index < -0.39 is 0 Å². The lowest BCUT2D eigenvalue weighted by Gasteiger charge is -2.29. The molecule has 0 unspecified atom stereocenters. The maximum absolute atomic E-state index is 7.14. The molecule has 1 aliphatic rings. The summed E-state index contributed by atoms with van der Waals surface area (Å²) in [6, 6.07) is 0. The molecule has 52 valence electrons. The molecule has 9 heavy (non-hydrogen) atoms. The van der Waals surface area contributed by atoms with E-state index in [1.807, 2.05) is 0 Å². The van der Waals surface area contributed by atoms with Crippen LogP contribution in [0.25, 0.3) is 0 Å². The van der Waals surface area contributed by atoms with Gasteiger partial charge in [0.15, 0.2) is 5.90 Å². The molecule has 0 aromatic rings. The van der Waals surface area contributed by atoms with Gasteiger partial charge in [-0.3, -0.25) is 10.3 Å². The molecule has 1 aliphatic heterocycles. The normalized spacial score (nSPS) is 18.8. The molecular weight excluding hydrogens is 116 g/mol. The molecule has 3 nitrogen and oxygen atoms in total. The first-order chi connectivity index (χ1) is 4.33. The summed E-state index contributed by atoms with van der Waals surface area (Å²) in [7, 11) is 1.54. The van der Waals surface area contributed by atoms with Crippen molar-refractivity contribution < 1.29 is 4.74 Å². The van der Waals surface area contributed by atoms with Gasteiger partial charge in [-0.1, -0.05) is 0 Å². The minimum atomic E-state index is 0.370. The average molecular weight is 128 g/mol. The lowest BCUT2D eigenvalue weighted by atomic mass is 10.2. The lowest BCUT2D eigenvalue weighted by molar-refractivity contribution is 0.195. The second-order valence-electron chi connectivity index (χ2n) is 2.26. The van der Waals surface area contributed by atoms with Crippen LogP contribution in [0.2, 0.25) is 0 Å². The number of hydrogen-bond acceptors (Lipinski definition) is 3. The van der Waals surface area contributed by atoms with Crippen molar-refractivity contribution in [2.24, 2.45) is 0 Å². The van der Waals surface area contributed by atoms with Crippen molar-refractivity contribution in [1.82, 2.24) is 4.90 Å². The van der Waals surface area contributed by atoms with Gasteiger partial charge in [-0.05, 0) is 19.5 Å². The first-order valence-corrected chi connectivity index (χ1v) is 3.16. The highest BCUT2D eigenvalue weighted by molar-refractivity contribution is 5.74. The number of likely N-dealkylation sites (tertiary alicyclic amines) is 1. The molecule has 0 spiro atoms. The molecular formula is C6H12N2O. The Labute approximate surface area is 55.1 Å². The van der Waals surface area contributed by atoms with Gasteiger partial charge >= 0.3 is 0 Å². The first-order valence-electron chi connectivity index (χ1n) is 3.16. The summed E-state index contributed by atoms with van der Waals surface area (Å²) < 4.78 is 4.70. The molecule has 0 aliphatic carbocycles. The highest BCUT2D eigenvalue weighted by atomic mass is 16.5. The van der Waals surface area contributed by atoms with Crippen molar-refractivity contribution in [1.29, 1.82) is 5.41 Å². The van der Waals surface area contributed by atoms with Crippen LogP contribution in [0.4, 0.5) is 0 Å². The second-order valence-corrected chi connectivity index (χ2v) is 2.26. The molecule has 1 N–H and O–H groups in total. The van der Waals surface area contributed by atoms with Gasteiger partial charge in [0.2, 0.25) is 0 Å². The van der Waals surface area contributed by atoms with Gasteiger partial charge in [0.1, 0.15) is 0 Å². The van der Waals surface area contributed by atoms with E-state index in [-0.39, 0.29) is 0 Å². The van der Waals surface area contributed by atoms with E-state index in [1.54, 1.807) is 7.11 Å². The van der Waals surface area contributed by atoms with Crippen LogP contribution in [0, 0.1) is 5.41 Å². The molecule has 1 fully saturated rings. The van der Waals surface area contributed by atoms with E-state index in [4.69, 9.17) is 10.1 Å². The van der Waals surface area contributed by atoms with Gasteiger partial charge in [0.05, 0.1) is 13.7 Å². The van der Waals surface area contributed by atoms with Crippen LogP contribution in [0.15, 0.2) is 0 Å². The largest absolute Gasteiger partial charge is 0.484 e. The van der Waals surface area contributed by atoms with Gasteiger partial charge in [-0.25, -0.2) is 0 Å². The highest BCUT2D eigenvalue weighted by Crippen LogP contribution is 2.03. The number of ether oxygens (including phenoxy) is 1. The predicted octanol–water partition coefficient (Wildman–Crippen LogP) is 0.316. The fraction of sp³-hybridized carbons (Fsp3) is 0.833. The molecule has 1 saturated heterocycles. The van der Waals surface area contributed by atoms with Crippen molar-refractivity contribution >= 4 is 5.90 Å². The van der Waals surface area contributed by atoms with Gasteiger partial charge in [0.25, 0.3) is 0 Å². The predicted molar refractivity (Wildman–Crippen MR) is 35.8 cm³/mol.